The van der Waals surface area contributed by atoms with Crippen molar-refractivity contribution in [1.29, 1.82) is 0 Å². The Bertz CT molecular complexity index is 6480. The number of rotatable bonds is 22. The van der Waals surface area contributed by atoms with Gasteiger partial charge in [0.15, 0.2) is 0 Å². The van der Waals surface area contributed by atoms with Crippen LogP contribution < -0.4 is 0 Å². The van der Waals surface area contributed by atoms with Crippen molar-refractivity contribution in [2.45, 2.75) is 241 Å². The molecule has 0 amide bonds. The SMILES string of the molecule is CC(C)n1cc(CN2CCC3(CC2)CC(c2ccc(C(=O)O)cc2)=NO3)c2cc(F)ccc21.CC(C)n1cc(CN2CCC3(CC2)CC(c2ccc(C(=O)O)cc2)=NO3)c2cccc(Cl)c21.O=C(O)c1ccc(C2=NOC3(CCN(Cc4cn(C5CC5)c5c(C6CC6)cccc45)CC3)C2)cc1.O=C(O)c1ccc(C2=NOC3(CCN(Cc4cn(C5CC5)c5ccc(C6CC6)cc45)CC3)C2)cc1. The summed E-state index contributed by atoms with van der Waals surface area (Å²) in [6.45, 7) is 19.9. The summed E-state index contributed by atoms with van der Waals surface area (Å²) in [5, 5.41) is 59.9. The number of piperidine rings is 4. The number of fused-ring (bicyclic) bond motifs is 4. The van der Waals surface area contributed by atoms with Crippen LogP contribution >= 0.6 is 11.6 Å². The molecule has 4 aliphatic carbocycles. The number of carboxylic acid groups (broad SMARTS) is 4. The fourth-order valence-electron chi connectivity index (χ4n) is 21.9. The minimum atomic E-state index is -0.936. The first-order chi connectivity index (χ1) is 65.8. The lowest BCUT2D eigenvalue weighted by Crippen LogP contribution is -2.44. The van der Waals surface area contributed by atoms with E-state index in [2.05, 4.69) is 153 Å². The highest BCUT2D eigenvalue weighted by Gasteiger charge is 2.48. The highest BCUT2D eigenvalue weighted by molar-refractivity contribution is 6.35. The van der Waals surface area contributed by atoms with Crippen molar-refractivity contribution in [2.24, 2.45) is 20.6 Å². The molecule has 8 fully saturated rings. The predicted octanol–water partition coefficient (Wildman–Crippen LogP) is 22.4. The van der Waals surface area contributed by atoms with E-state index in [1.54, 1.807) is 72.3 Å². The zero-order chi connectivity index (χ0) is 93.5. The minimum Gasteiger partial charge on any atom is -0.478 e. The van der Waals surface area contributed by atoms with Crippen LogP contribution in [0.5, 0.6) is 0 Å². The highest BCUT2D eigenvalue weighted by atomic mass is 35.5. The molecule has 4 N–H and O–H groups in total. The molecule has 8 aliphatic heterocycles. The Hall–Kier alpha value is -12.3. The standard InChI is InChI=1S/2C29H31N3O3.C26H28ClN3O3.C26H28FN3O3/c33-28(34)21-5-3-20(4-6-21)26-16-29(35-30-26)11-13-31(14-12-29)17-23-18-32(24-8-9-24)27-10-7-22(15-25(23)27)19-1-2-19;33-28(34)21-8-6-20(7-9-21)26-16-29(35-30-26)12-14-31(15-13-29)17-22-18-32(23-10-11-23)27-24(19-4-5-19)2-1-3-25(22)27;1-17(2)30-16-20(21-4-3-5-22(27)24(21)30)15-29-12-10-26(11-13-29)14-23(28-33-26)18-6-8-19(9-7-18)25(31)32;1-17(2)30-16-20(22-13-21(27)7-8-24(22)30)15-29-11-9-26(10-12-29)14-23(28-33-26)18-3-5-19(6-4-18)25(31)32/h3-7,10,15,18-19,24H,1-2,8-9,11-14,16-17H2,(H,33,34);1-3,6-9,18-19,23H,4-5,10-17H2,(H,33,34);3-9,16-17H,10-15H2,1-2H3,(H,31,32);3-8,13,16-17H,9-12,14-15H2,1-2H3,(H,31,32). The summed E-state index contributed by atoms with van der Waals surface area (Å²) in [4.78, 5) is 78.4. The molecule has 704 valence electrons. The number of nitrogens with zero attached hydrogens (tertiary/aromatic N) is 12. The largest absolute Gasteiger partial charge is 0.478 e. The number of halogens is 2. The van der Waals surface area contributed by atoms with Gasteiger partial charge in [0.25, 0.3) is 0 Å². The first kappa shape index (κ1) is 90.2. The number of hydrogen-bond donors (Lipinski definition) is 4. The van der Waals surface area contributed by atoms with Crippen molar-refractivity contribution >= 4 is 102 Å². The van der Waals surface area contributed by atoms with E-state index in [1.165, 1.54) is 107 Å². The minimum absolute atomic E-state index is 0.205. The quantitative estimate of drug-likeness (QED) is 0.0491. The van der Waals surface area contributed by atoms with Crippen molar-refractivity contribution in [3.8, 4) is 0 Å². The topological polar surface area (TPSA) is 268 Å². The Labute approximate surface area is 795 Å². The van der Waals surface area contributed by atoms with Crippen molar-refractivity contribution in [3.63, 3.8) is 0 Å². The van der Waals surface area contributed by atoms with Crippen LogP contribution in [0, 0.1) is 5.82 Å². The molecule has 4 saturated heterocycles. The molecule has 0 radical (unpaired) electrons. The number of benzene rings is 8. The molecular weight excluding hydrogens is 1740 g/mol. The molecule has 136 heavy (non-hydrogen) atoms. The molecule has 4 saturated carbocycles. The molecule has 0 bridgehead atoms. The fourth-order valence-corrected chi connectivity index (χ4v) is 22.1. The van der Waals surface area contributed by atoms with Gasteiger partial charge in [-0.05, 0) is 231 Å². The van der Waals surface area contributed by atoms with Crippen LogP contribution in [0.2, 0.25) is 5.02 Å². The average molecular weight is 1850 g/mol. The molecule has 12 aliphatic rings. The van der Waals surface area contributed by atoms with Gasteiger partial charge in [-0.15, -0.1) is 0 Å². The molecule has 0 unspecified atom stereocenters. The maximum absolute atomic E-state index is 14.0. The second kappa shape index (κ2) is 37.0. The van der Waals surface area contributed by atoms with Crippen LogP contribution in [-0.4, -0.2) is 180 Å². The third kappa shape index (κ3) is 19.0. The van der Waals surface area contributed by atoms with Crippen LogP contribution in [0.15, 0.2) is 215 Å². The van der Waals surface area contributed by atoms with E-state index in [0.29, 0.717) is 35.3 Å². The van der Waals surface area contributed by atoms with Crippen LogP contribution in [-0.2, 0) is 45.5 Å². The molecular formula is C110H118ClFN12O12. The lowest BCUT2D eigenvalue weighted by Gasteiger charge is -2.37. The Balaban J connectivity index is 0.000000109. The van der Waals surface area contributed by atoms with E-state index < -0.39 is 23.9 Å². The third-order valence-electron chi connectivity index (χ3n) is 30.6. The van der Waals surface area contributed by atoms with Gasteiger partial charge in [0, 0.05) is 237 Å². The van der Waals surface area contributed by atoms with Gasteiger partial charge >= 0.3 is 23.9 Å². The van der Waals surface area contributed by atoms with Gasteiger partial charge in [0.1, 0.15) is 28.2 Å². The number of likely N-dealkylation sites (tertiary alicyclic amines) is 4. The summed E-state index contributed by atoms with van der Waals surface area (Å²) in [6.07, 6.45) is 30.3. The number of carboxylic acids is 4. The molecule has 26 heteroatoms. The Morgan fingerprint density at radius 3 is 1.10 bits per heavy atom. The van der Waals surface area contributed by atoms with E-state index in [0.717, 1.165) is 240 Å². The second-order valence-electron chi connectivity index (χ2n) is 40.9. The molecule has 4 spiro atoms. The highest BCUT2D eigenvalue weighted by Crippen LogP contribution is 2.50. The zero-order valence-electron chi connectivity index (χ0n) is 77.7. The van der Waals surface area contributed by atoms with Gasteiger partial charge in [-0.25, -0.2) is 23.6 Å². The Morgan fingerprint density at radius 2 is 0.713 bits per heavy atom. The Morgan fingerprint density at radius 1 is 0.375 bits per heavy atom. The van der Waals surface area contributed by atoms with E-state index >= 15 is 0 Å². The summed E-state index contributed by atoms with van der Waals surface area (Å²) in [6, 6.07) is 54.9. The smallest absolute Gasteiger partial charge is 0.335 e. The summed E-state index contributed by atoms with van der Waals surface area (Å²) >= 11 is 6.54. The predicted molar refractivity (Wildman–Crippen MR) is 526 cm³/mol. The zero-order valence-corrected chi connectivity index (χ0v) is 78.5. The van der Waals surface area contributed by atoms with E-state index in [1.807, 2.05) is 54.6 Å². The van der Waals surface area contributed by atoms with E-state index in [4.69, 9.17) is 51.4 Å². The molecule has 24 rings (SSSR count). The van der Waals surface area contributed by atoms with Crippen LogP contribution in [0.4, 0.5) is 4.39 Å². The van der Waals surface area contributed by atoms with E-state index in [9.17, 15) is 23.6 Å². The number of oxime groups is 4. The molecule has 12 heterocycles. The van der Waals surface area contributed by atoms with Gasteiger partial charge < -0.3 is 58.0 Å². The van der Waals surface area contributed by atoms with Crippen molar-refractivity contribution in [1.82, 2.24) is 37.9 Å². The first-order valence-electron chi connectivity index (χ1n) is 48.9. The van der Waals surface area contributed by atoms with Crippen LogP contribution in [0.3, 0.4) is 0 Å². The molecule has 24 nitrogen and oxygen atoms in total. The average Bonchev–Trinajstić information content (AvgIpc) is 1.59. The summed E-state index contributed by atoms with van der Waals surface area (Å²) in [5.74, 6) is -2.34. The molecule has 4 aromatic heterocycles. The number of para-hydroxylation sites is 2. The maximum Gasteiger partial charge on any atom is 0.335 e. The van der Waals surface area contributed by atoms with Crippen molar-refractivity contribution < 1.29 is 63.3 Å². The van der Waals surface area contributed by atoms with Gasteiger partial charge in [0.2, 0.25) is 0 Å². The lowest BCUT2D eigenvalue weighted by molar-refractivity contribution is -0.0628. The summed E-state index contributed by atoms with van der Waals surface area (Å²) in [7, 11) is 0. The second-order valence-corrected chi connectivity index (χ2v) is 41.3. The summed E-state index contributed by atoms with van der Waals surface area (Å²) < 4.78 is 23.6. The summed E-state index contributed by atoms with van der Waals surface area (Å²) in [5.41, 5.74) is 21.1. The van der Waals surface area contributed by atoms with Gasteiger partial charge in [-0.2, -0.15) is 0 Å². The first-order valence-corrected chi connectivity index (χ1v) is 49.3. The normalized spacial score (nSPS) is 20.1. The third-order valence-corrected chi connectivity index (χ3v) is 30.9. The van der Waals surface area contributed by atoms with Crippen molar-refractivity contribution in [2.75, 3.05) is 52.4 Å². The lowest BCUT2D eigenvalue weighted by atomic mass is 9.85. The Kier molecular flexibility index (Phi) is 24.5. The number of hydrogen-bond acceptors (Lipinski definition) is 16. The van der Waals surface area contributed by atoms with Gasteiger partial charge in [-0.3, -0.25) is 19.6 Å². The van der Waals surface area contributed by atoms with Gasteiger partial charge in [0.05, 0.1) is 61.2 Å². The number of aromatic nitrogens is 4. The van der Waals surface area contributed by atoms with Crippen molar-refractivity contribution in [3.05, 3.63) is 283 Å². The molecule has 8 aromatic carbocycles. The van der Waals surface area contributed by atoms with Crippen LogP contribution in [0.25, 0.3) is 43.6 Å². The number of carbonyl (C=O) groups is 4. The molecule has 0 atom stereocenters. The van der Waals surface area contributed by atoms with Gasteiger partial charge in [-0.1, -0.05) is 117 Å². The molecule has 12 aromatic rings. The van der Waals surface area contributed by atoms with Crippen LogP contribution in [0.1, 0.15) is 289 Å². The fraction of sp³-hybridized carbons (Fsp3) is 0.418. The number of aromatic carboxylic acids is 4. The van der Waals surface area contributed by atoms with E-state index in [-0.39, 0.29) is 39.3 Å². The monoisotopic (exact) mass is 1850 g/mol. The maximum atomic E-state index is 14.0.